The molecule has 0 atom stereocenters. The molecule has 0 aliphatic carbocycles. The molecule has 0 radical (unpaired) electrons. The molecular weight excluding hydrogens is 246 g/mol. The highest BCUT2D eigenvalue weighted by Crippen LogP contribution is 2.06. The van der Waals surface area contributed by atoms with Crippen LogP contribution in [0.15, 0.2) is 22.1 Å². The largest absolute Gasteiger partial charge is 0.193 e. The number of halogens is 2. The van der Waals surface area contributed by atoms with Crippen molar-refractivity contribution >= 4 is 31.9 Å². The molecule has 3 heteroatoms. The third-order valence-corrected chi connectivity index (χ3v) is 0.191. The van der Waals surface area contributed by atoms with Crippen LogP contribution < -0.4 is 0 Å². The molecule has 0 saturated carbocycles. The molecule has 0 aromatic heterocycles. The van der Waals surface area contributed by atoms with Gasteiger partial charge < -0.3 is 0 Å². The molecule has 0 fully saturated rings. The molecule has 0 aromatic rings. The number of nitriles is 1. The SMILES string of the molecule is C=C(Br)Br.C=C(C)C#N. The highest BCUT2D eigenvalue weighted by molar-refractivity contribution is 9.28. The van der Waals surface area contributed by atoms with Crippen molar-refractivity contribution in [1.82, 2.24) is 0 Å². The minimum atomic E-state index is 0.560. The molecular formula is C6H7Br2N. The quantitative estimate of drug-likeness (QED) is 0.607. The molecule has 0 aliphatic heterocycles. The fourth-order valence-electron chi connectivity index (χ4n) is 0. The first kappa shape index (κ1) is 11.7. The monoisotopic (exact) mass is 251 g/mol. The van der Waals surface area contributed by atoms with E-state index in [1.165, 1.54) is 0 Å². The maximum Gasteiger partial charge on any atom is 0.0937 e. The van der Waals surface area contributed by atoms with Gasteiger partial charge in [0.05, 0.1) is 9.46 Å². The average Bonchev–Trinajstić information content (AvgIpc) is 1.65. The fraction of sp³-hybridized carbons (Fsp3) is 0.167. The van der Waals surface area contributed by atoms with Gasteiger partial charge in [0.25, 0.3) is 0 Å². The Hall–Kier alpha value is -0.0700. The van der Waals surface area contributed by atoms with E-state index in [1.54, 1.807) is 6.92 Å². The second-order valence-electron chi connectivity index (χ2n) is 1.23. The first-order valence-electron chi connectivity index (χ1n) is 2.06. The van der Waals surface area contributed by atoms with Gasteiger partial charge in [-0.3, -0.25) is 0 Å². The van der Waals surface area contributed by atoms with Crippen LogP contribution in [0.25, 0.3) is 0 Å². The lowest BCUT2D eigenvalue weighted by Crippen LogP contribution is -1.51. The summed E-state index contributed by atoms with van der Waals surface area (Å²) in [4.78, 5) is 0. The van der Waals surface area contributed by atoms with Crippen molar-refractivity contribution in [2.45, 2.75) is 6.92 Å². The molecule has 0 amide bonds. The van der Waals surface area contributed by atoms with Gasteiger partial charge in [-0.05, 0) is 38.8 Å². The standard InChI is InChI=1S/C4H5N.C2H2Br2/c1-4(2)3-5;1-2(3)4/h1H2,2H3;1H2. The third kappa shape index (κ3) is 74.9. The molecule has 0 aliphatic rings. The van der Waals surface area contributed by atoms with Crippen molar-refractivity contribution in [3.8, 4) is 6.07 Å². The van der Waals surface area contributed by atoms with Crippen LogP contribution in [-0.4, -0.2) is 0 Å². The van der Waals surface area contributed by atoms with E-state index in [4.69, 9.17) is 5.26 Å². The van der Waals surface area contributed by atoms with Crippen LogP contribution in [0.3, 0.4) is 0 Å². The molecule has 50 valence electrons. The van der Waals surface area contributed by atoms with Crippen molar-refractivity contribution < 1.29 is 0 Å². The van der Waals surface area contributed by atoms with Crippen LogP contribution >= 0.6 is 31.9 Å². The van der Waals surface area contributed by atoms with Crippen LogP contribution in [0.1, 0.15) is 6.92 Å². The maximum absolute atomic E-state index is 7.79. The number of hydrogen-bond acceptors (Lipinski definition) is 1. The summed E-state index contributed by atoms with van der Waals surface area (Å²) in [5.41, 5.74) is 0.560. The molecule has 0 unspecified atom stereocenters. The highest BCUT2D eigenvalue weighted by atomic mass is 79.9. The average molecular weight is 253 g/mol. The first-order chi connectivity index (χ1) is 4.00. The lowest BCUT2D eigenvalue weighted by Gasteiger charge is -1.61. The minimum Gasteiger partial charge on any atom is -0.193 e. The molecule has 1 nitrogen and oxygen atoms in total. The third-order valence-electron chi connectivity index (χ3n) is 0.191. The smallest absolute Gasteiger partial charge is 0.0937 e. The van der Waals surface area contributed by atoms with Crippen LogP contribution in [0.5, 0.6) is 0 Å². The van der Waals surface area contributed by atoms with Crippen LogP contribution in [0, 0.1) is 11.3 Å². The van der Waals surface area contributed by atoms with Crippen molar-refractivity contribution in [2.24, 2.45) is 0 Å². The zero-order chi connectivity index (χ0) is 7.86. The molecule has 0 rings (SSSR count). The van der Waals surface area contributed by atoms with Crippen LogP contribution in [-0.2, 0) is 0 Å². The summed E-state index contributed by atoms with van der Waals surface area (Å²) in [5.74, 6) is 0. The Morgan fingerprint density at radius 1 is 1.44 bits per heavy atom. The lowest BCUT2D eigenvalue weighted by atomic mass is 10.4. The predicted octanol–water partition coefficient (Wildman–Crippen LogP) is 3.33. The maximum atomic E-state index is 7.79. The van der Waals surface area contributed by atoms with E-state index >= 15 is 0 Å². The van der Waals surface area contributed by atoms with Gasteiger partial charge in [0.15, 0.2) is 0 Å². The molecule has 0 saturated heterocycles. The van der Waals surface area contributed by atoms with Gasteiger partial charge in [0.1, 0.15) is 0 Å². The van der Waals surface area contributed by atoms with Gasteiger partial charge in [0, 0.05) is 5.57 Å². The van der Waals surface area contributed by atoms with Crippen LogP contribution in [0.4, 0.5) is 0 Å². The molecule has 0 spiro atoms. The van der Waals surface area contributed by atoms with Gasteiger partial charge >= 0.3 is 0 Å². The van der Waals surface area contributed by atoms with Crippen molar-refractivity contribution in [3.63, 3.8) is 0 Å². The predicted molar refractivity (Wildman–Crippen MR) is 47.4 cm³/mol. The Morgan fingerprint density at radius 3 is 1.56 bits per heavy atom. The second-order valence-corrected chi connectivity index (χ2v) is 4.21. The van der Waals surface area contributed by atoms with Crippen molar-refractivity contribution in [2.75, 3.05) is 0 Å². The second kappa shape index (κ2) is 7.93. The minimum absolute atomic E-state index is 0.560. The number of hydrogen-bond donors (Lipinski definition) is 0. The van der Waals surface area contributed by atoms with E-state index < -0.39 is 0 Å². The van der Waals surface area contributed by atoms with Gasteiger partial charge in [-0.1, -0.05) is 13.2 Å². The number of nitrogens with zero attached hydrogens (tertiary/aromatic N) is 1. The van der Waals surface area contributed by atoms with Gasteiger partial charge in [-0.15, -0.1) is 0 Å². The zero-order valence-corrected chi connectivity index (χ0v) is 8.29. The first-order valence-corrected chi connectivity index (χ1v) is 3.64. The normalized spacial score (nSPS) is 6.00. The summed E-state index contributed by atoms with van der Waals surface area (Å²) in [7, 11) is 0. The Kier molecular flexibility index (Phi) is 10.3. The van der Waals surface area contributed by atoms with E-state index in [0.717, 1.165) is 3.39 Å². The van der Waals surface area contributed by atoms with E-state index in [-0.39, 0.29) is 0 Å². The van der Waals surface area contributed by atoms with Crippen LogP contribution in [0.2, 0.25) is 0 Å². The fourth-order valence-corrected chi connectivity index (χ4v) is 0. The molecule has 0 bridgehead atoms. The number of allylic oxidation sites excluding steroid dienone is 1. The topological polar surface area (TPSA) is 23.8 Å². The summed E-state index contributed by atoms with van der Waals surface area (Å²) >= 11 is 5.99. The summed E-state index contributed by atoms with van der Waals surface area (Å²) in [5, 5.41) is 7.79. The van der Waals surface area contributed by atoms with Crippen molar-refractivity contribution in [3.05, 3.63) is 22.1 Å². The molecule has 0 N–H and O–H groups in total. The lowest BCUT2D eigenvalue weighted by molar-refractivity contribution is 1.46. The Labute approximate surface area is 72.3 Å². The molecule has 9 heavy (non-hydrogen) atoms. The summed E-state index contributed by atoms with van der Waals surface area (Å²) in [6.07, 6.45) is 0. The molecule has 0 heterocycles. The zero-order valence-electron chi connectivity index (χ0n) is 5.12. The van der Waals surface area contributed by atoms with E-state index in [2.05, 4.69) is 45.0 Å². The van der Waals surface area contributed by atoms with E-state index in [9.17, 15) is 0 Å². The van der Waals surface area contributed by atoms with Gasteiger partial charge in [-0.2, -0.15) is 5.26 Å². The molecule has 0 aromatic carbocycles. The summed E-state index contributed by atoms with van der Waals surface area (Å²) in [6.45, 7) is 8.37. The summed E-state index contributed by atoms with van der Waals surface area (Å²) < 4.78 is 0.792. The highest BCUT2D eigenvalue weighted by Gasteiger charge is 1.64. The Bertz CT molecular complexity index is 140. The van der Waals surface area contributed by atoms with E-state index in [0.29, 0.717) is 5.57 Å². The number of rotatable bonds is 0. The van der Waals surface area contributed by atoms with Gasteiger partial charge in [0.2, 0.25) is 0 Å². The Morgan fingerprint density at radius 2 is 1.56 bits per heavy atom. The van der Waals surface area contributed by atoms with Crippen molar-refractivity contribution in [1.29, 1.82) is 5.26 Å². The van der Waals surface area contributed by atoms with E-state index in [1.807, 2.05) is 6.07 Å². The Balaban J connectivity index is 0. The summed E-state index contributed by atoms with van der Waals surface area (Å²) in [6, 6.07) is 1.83. The van der Waals surface area contributed by atoms with Gasteiger partial charge in [-0.25, -0.2) is 0 Å².